The summed E-state index contributed by atoms with van der Waals surface area (Å²) in [6.07, 6.45) is -7.65. The molecule has 0 radical (unpaired) electrons. The number of halogens is 5. The van der Waals surface area contributed by atoms with Gasteiger partial charge in [0.15, 0.2) is 28.8 Å². The fourth-order valence-electron chi connectivity index (χ4n) is 4.72. The highest BCUT2D eigenvalue weighted by molar-refractivity contribution is 5.94. The zero-order valence-electron chi connectivity index (χ0n) is 21.8. The molecular weight excluding hydrogens is 563 g/mol. The number of primary amides is 1. The lowest BCUT2D eigenvalue weighted by atomic mass is 9.97. The molecule has 8 nitrogen and oxygen atoms in total. The largest absolute Gasteiger partial charge is 0.586 e. The van der Waals surface area contributed by atoms with Crippen LogP contribution in [-0.4, -0.2) is 26.7 Å². The van der Waals surface area contributed by atoms with Crippen molar-refractivity contribution in [2.24, 2.45) is 5.73 Å². The van der Waals surface area contributed by atoms with Crippen molar-refractivity contribution in [2.75, 3.05) is 0 Å². The predicted octanol–water partition coefficient (Wildman–Crippen LogP) is 6.92. The summed E-state index contributed by atoms with van der Waals surface area (Å²) in [5.74, 6) is -0.632. The van der Waals surface area contributed by atoms with E-state index in [9.17, 15) is 26.7 Å². The minimum atomic E-state index is -4.69. The van der Waals surface area contributed by atoms with Gasteiger partial charge in [0.25, 0.3) is 0 Å². The summed E-state index contributed by atoms with van der Waals surface area (Å²) in [5, 5.41) is 0. The summed E-state index contributed by atoms with van der Waals surface area (Å²) < 4.78 is 84.2. The van der Waals surface area contributed by atoms with E-state index in [0.29, 0.717) is 22.3 Å². The number of rotatable bonds is 5. The molecule has 0 spiro atoms. The molecule has 42 heavy (non-hydrogen) atoms. The van der Waals surface area contributed by atoms with Crippen molar-refractivity contribution in [3.8, 4) is 50.9 Å². The van der Waals surface area contributed by atoms with Gasteiger partial charge in [-0.15, -0.1) is 8.78 Å². The number of carbonyl (C=O) groups is 1. The molecule has 1 aliphatic rings. The van der Waals surface area contributed by atoms with E-state index in [0.717, 1.165) is 6.20 Å². The second-order valence-corrected chi connectivity index (χ2v) is 9.46. The third-order valence-corrected chi connectivity index (χ3v) is 6.56. The average Bonchev–Trinajstić information content (AvgIpc) is 3.60. The van der Waals surface area contributed by atoms with Gasteiger partial charge in [-0.3, -0.25) is 4.79 Å². The summed E-state index contributed by atoms with van der Waals surface area (Å²) >= 11 is 0. The number of hydrogen-bond donors (Lipinski definition) is 1. The maximum atomic E-state index is 13.7. The Labute approximate surface area is 234 Å². The monoisotopic (exact) mass is 582 g/mol. The van der Waals surface area contributed by atoms with E-state index < -0.39 is 24.1 Å². The molecule has 2 aromatic heterocycles. The Morgan fingerprint density at radius 2 is 1.62 bits per heavy atom. The Morgan fingerprint density at radius 1 is 0.905 bits per heavy atom. The number of oxazole rings is 1. The minimum absolute atomic E-state index is 0.0547. The molecule has 0 bridgehead atoms. The van der Waals surface area contributed by atoms with Crippen molar-refractivity contribution in [2.45, 2.75) is 26.3 Å². The third kappa shape index (κ3) is 4.82. The number of fused-ring (bicyclic) bond motifs is 1. The van der Waals surface area contributed by atoms with Gasteiger partial charge in [0.05, 0.1) is 5.69 Å². The van der Waals surface area contributed by atoms with Crippen LogP contribution >= 0.6 is 0 Å². The van der Waals surface area contributed by atoms with Crippen LogP contribution in [0.5, 0.6) is 11.5 Å². The molecule has 3 heterocycles. The summed E-state index contributed by atoms with van der Waals surface area (Å²) in [6.45, 7) is 2.99. The number of alkyl halides is 5. The molecule has 0 aliphatic carbocycles. The fraction of sp³-hybridized carbons (Fsp3) is 0.138. The first-order valence-corrected chi connectivity index (χ1v) is 12.3. The number of aromatic nitrogens is 3. The summed E-state index contributed by atoms with van der Waals surface area (Å²) in [6, 6.07) is 15.5. The van der Waals surface area contributed by atoms with E-state index in [1.54, 1.807) is 49.4 Å². The highest BCUT2D eigenvalue weighted by atomic mass is 19.4. The Kier molecular flexibility index (Phi) is 6.06. The van der Waals surface area contributed by atoms with E-state index in [4.69, 9.17) is 10.2 Å². The third-order valence-electron chi connectivity index (χ3n) is 6.56. The summed E-state index contributed by atoms with van der Waals surface area (Å²) in [7, 11) is 0. The molecule has 0 saturated heterocycles. The molecule has 0 unspecified atom stereocenters. The Morgan fingerprint density at radius 3 is 2.33 bits per heavy atom. The summed E-state index contributed by atoms with van der Waals surface area (Å²) in [5.41, 5.74) is 6.94. The van der Waals surface area contributed by atoms with E-state index in [1.807, 2.05) is 0 Å². The molecule has 1 amide bonds. The summed E-state index contributed by atoms with van der Waals surface area (Å²) in [4.78, 5) is 20.0. The molecule has 3 aromatic carbocycles. The fourth-order valence-corrected chi connectivity index (χ4v) is 4.72. The molecule has 5 aromatic rings. The lowest BCUT2D eigenvalue weighted by Crippen LogP contribution is -2.25. The molecule has 0 atom stereocenters. The lowest BCUT2D eigenvalue weighted by Gasteiger charge is -2.14. The molecule has 214 valence electrons. The van der Waals surface area contributed by atoms with Crippen molar-refractivity contribution >= 4 is 5.91 Å². The van der Waals surface area contributed by atoms with Gasteiger partial charge in [0.1, 0.15) is 11.5 Å². The van der Waals surface area contributed by atoms with Crippen molar-refractivity contribution in [1.29, 1.82) is 0 Å². The highest BCUT2D eigenvalue weighted by Crippen LogP contribution is 2.45. The molecule has 2 N–H and O–H groups in total. The molecular formula is C29H19F5N4O4. The van der Waals surface area contributed by atoms with Crippen LogP contribution in [-0.2, 0) is 6.18 Å². The van der Waals surface area contributed by atoms with Crippen molar-refractivity contribution < 1.29 is 40.6 Å². The van der Waals surface area contributed by atoms with Crippen LogP contribution in [0.1, 0.15) is 27.8 Å². The Bertz CT molecular complexity index is 1880. The van der Waals surface area contributed by atoms with Crippen LogP contribution < -0.4 is 15.2 Å². The molecule has 0 saturated carbocycles. The number of nitrogens with two attached hydrogens (primary N) is 1. The SMILES string of the molecule is Cc1nc(-c2cc(-c3cccc(C(N)=O)c3)ccc2-n2cc(C(F)(F)F)nc2C)c(-c2ccc3c(c2)OC(F)(F)O3)o1. The normalized spacial score (nSPS) is 13.9. The van der Waals surface area contributed by atoms with Gasteiger partial charge < -0.3 is 24.2 Å². The second kappa shape index (κ2) is 9.43. The van der Waals surface area contributed by atoms with Crippen LogP contribution in [0.15, 0.2) is 71.3 Å². The van der Waals surface area contributed by atoms with E-state index >= 15 is 0 Å². The van der Waals surface area contributed by atoms with Crippen LogP contribution in [0.4, 0.5) is 22.0 Å². The number of nitrogens with zero attached hydrogens (tertiary/aromatic N) is 3. The molecule has 6 rings (SSSR count). The standard InChI is InChI=1S/C29H19F5N4O4/c1-14-36-24(28(30,31)32)13-38(14)21-8-6-17(16-4-3-5-19(10-16)27(35)39)11-20(21)25-26(40-15(2)37-25)18-7-9-22-23(12-18)42-29(33,34)41-22/h3-13H,1-2H3,(H2,35,39). The van der Waals surface area contributed by atoms with E-state index in [1.165, 1.54) is 29.7 Å². The van der Waals surface area contributed by atoms with Crippen molar-refractivity contribution in [1.82, 2.24) is 14.5 Å². The zero-order chi connectivity index (χ0) is 30.0. The number of benzene rings is 3. The first kappa shape index (κ1) is 27.0. The van der Waals surface area contributed by atoms with Gasteiger partial charge >= 0.3 is 12.5 Å². The topological polar surface area (TPSA) is 105 Å². The van der Waals surface area contributed by atoms with Gasteiger partial charge in [-0.05, 0) is 60.5 Å². The minimum Gasteiger partial charge on any atom is -0.440 e. The number of hydrogen-bond acceptors (Lipinski definition) is 6. The quantitative estimate of drug-likeness (QED) is 0.226. The Hall–Kier alpha value is -5.20. The molecule has 1 aliphatic heterocycles. The van der Waals surface area contributed by atoms with E-state index in [-0.39, 0.29) is 45.9 Å². The number of imidazole rings is 1. The van der Waals surface area contributed by atoms with Crippen LogP contribution in [0.3, 0.4) is 0 Å². The predicted molar refractivity (Wildman–Crippen MR) is 139 cm³/mol. The average molecular weight is 582 g/mol. The van der Waals surface area contributed by atoms with Gasteiger partial charge in [0.2, 0.25) is 5.91 Å². The smallest absolute Gasteiger partial charge is 0.440 e. The first-order valence-electron chi connectivity index (χ1n) is 12.3. The van der Waals surface area contributed by atoms with Crippen LogP contribution in [0.2, 0.25) is 0 Å². The number of carbonyl (C=O) groups excluding carboxylic acids is 1. The van der Waals surface area contributed by atoms with Crippen LogP contribution in [0, 0.1) is 13.8 Å². The zero-order valence-corrected chi connectivity index (χ0v) is 21.8. The van der Waals surface area contributed by atoms with Crippen LogP contribution in [0.25, 0.3) is 39.4 Å². The number of aryl methyl sites for hydroxylation is 2. The van der Waals surface area contributed by atoms with Gasteiger partial charge in [-0.1, -0.05) is 18.2 Å². The van der Waals surface area contributed by atoms with E-state index in [2.05, 4.69) is 19.4 Å². The molecule has 0 fully saturated rings. The number of ether oxygens (including phenoxy) is 2. The Balaban J connectivity index is 1.57. The first-order chi connectivity index (χ1) is 19.8. The van der Waals surface area contributed by atoms with Crippen molar-refractivity contribution in [3.63, 3.8) is 0 Å². The van der Waals surface area contributed by atoms with Gasteiger partial charge in [-0.25, -0.2) is 9.97 Å². The lowest BCUT2D eigenvalue weighted by molar-refractivity contribution is -0.286. The number of amides is 1. The molecule has 13 heteroatoms. The van der Waals surface area contributed by atoms with Gasteiger partial charge in [-0.2, -0.15) is 13.2 Å². The highest BCUT2D eigenvalue weighted by Gasteiger charge is 2.43. The maximum absolute atomic E-state index is 13.7. The maximum Gasteiger partial charge on any atom is 0.586 e. The second-order valence-electron chi connectivity index (χ2n) is 9.46. The van der Waals surface area contributed by atoms with Gasteiger partial charge in [0, 0.05) is 29.8 Å². The van der Waals surface area contributed by atoms with Crippen molar-refractivity contribution in [3.05, 3.63) is 89.8 Å².